The number of piperazine rings is 1. The largest absolute Gasteiger partial charge is 0.357 e. The van der Waals surface area contributed by atoms with E-state index < -0.39 is 0 Å². The van der Waals surface area contributed by atoms with E-state index in [1.807, 2.05) is 18.5 Å². The Hall–Kier alpha value is -1.89. The van der Waals surface area contributed by atoms with Gasteiger partial charge in [0.1, 0.15) is 0 Å². The van der Waals surface area contributed by atoms with Crippen LogP contribution >= 0.6 is 0 Å². The van der Waals surface area contributed by atoms with Gasteiger partial charge in [-0.05, 0) is 32.8 Å². The molecule has 2 heterocycles. The monoisotopic (exact) mass is 347 g/mol. The average molecular weight is 348 g/mol. The molecule has 7 heteroatoms. The lowest BCUT2D eigenvalue weighted by Gasteiger charge is -2.34. The van der Waals surface area contributed by atoms with Crippen LogP contribution < -0.4 is 15.5 Å². The second-order valence-corrected chi connectivity index (χ2v) is 6.45. The van der Waals surface area contributed by atoms with Gasteiger partial charge < -0.3 is 15.5 Å². The van der Waals surface area contributed by atoms with Crippen molar-refractivity contribution in [2.45, 2.75) is 39.7 Å². The van der Waals surface area contributed by atoms with Crippen molar-refractivity contribution in [3.05, 3.63) is 18.5 Å². The van der Waals surface area contributed by atoms with E-state index in [2.05, 4.69) is 56.2 Å². The Morgan fingerprint density at radius 1 is 1.20 bits per heavy atom. The minimum Gasteiger partial charge on any atom is -0.357 e. The zero-order valence-corrected chi connectivity index (χ0v) is 15.9. The second kappa shape index (κ2) is 10.9. The van der Waals surface area contributed by atoms with Crippen LogP contribution in [0.25, 0.3) is 0 Å². The van der Waals surface area contributed by atoms with Gasteiger partial charge in [-0.3, -0.25) is 9.89 Å². The van der Waals surface area contributed by atoms with E-state index in [0.29, 0.717) is 6.04 Å². The molecule has 2 N–H and O–H groups in total. The Kier molecular flexibility index (Phi) is 8.45. The molecule has 2 rings (SSSR count). The van der Waals surface area contributed by atoms with Crippen LogP contribution in [0.5, 0.6) is 0 Å². The van der Waals surface area contributed by atoms with Crippen molar-refractivity contribution in [2.75, 3.05) is 50.7 Å². The SMILES string of the molecule is CCNC(=NCCCN1CCN(c2ncccn2)CC1)NC(C)CC. The summed E-state index contributed by atoms with van der Waals surface area (Å²) < 4.78 is 0. The zero-order chi connectivity index (χ0) is 17.9. The molecule has 0 aromatic carbocycles. The second-order valence-electron chi connectivity index (χ2n) is 6.45. The van der Waals surface area contributed by atoms with Crippen molar-refractivity contribution in [1.82, 2.24) is 25.5 Å². The summed E-state index contributed by atoms with van der Waals surface area (Å²) in [5.74, 6) is 1.78. The van der Waals surface area contributed by atoms with E-state index in [-0.39, 0.29) is 0 Å². The molecular formula is C18H33N7. The van der Waals surface area contributed by atoms with Crippen molar-refractivity contribution in [2.24, 2.45) is 4.99 Å². The first-order valence-corrected chi connectivity index (χ1v) is 9.52. The fourth-order valence-electron chi connectivity index (χ4n) is 2.77. The maximum atomic E-state index is 4.69. The molecule has 1 atom stereocenters. The molecule has 1 unspecified atom stereocenters. The van der Waals surface area contributed by atoms with Crippen LogP contribution in [0.15, 0.2) is 23.5 Å². The van der Waals surface area contributed by atoms with Gasteiger partial charge in [0, 0.05) is 64.2 Å². The number of hydrogen-bond acceptors (Lipinski definition) is 5. The van der Waals surface area contributed by atoms with Gasteiger partial charge in [-0.2, -0.15) is 0 Å². The number of rotatable bonds is 8. The fraction of sp³-hybridized carbons (Fsp3) is 0.722. The molecule has 140 valence electrons. The van der Waals surface area contributed by atoms with Gasteiger partial charge in [0.05, 0.1) is 0 Å². The summed E-state index contributed by atoms with van der Waals surface area (Å²) in [6.45, 7) is 13.4. The summed E-state index contributed by atoms with van der Waals surface area (Å²) in [5, 5.41) is 6.75. The van der Waals surface area contributed by atoms with Crippen LogP contribution in [0.3, 0.4) is 0 Å². The Balaban J connectivity index is 1.67. The summed E-state index contributed by atoms with van der Waals surface area (Å²) >= 11 is 0. The molecule has 7 nitrogen and oxygen atoms in total. The molecular weight excluding hydrogens is 314 g/mol. The lowest BCUT2D eigenvalue weighted by Crippen LogP contribution is -2.47. The summed E-state index contributed by atoms with van der Waals surface area (Å²) in [5.41, 5.74) is 0. The molecule has 0 amide bonds. The van der Waals surface area contributed by atoms with E-state index in [1.165, 1.54) is 0 Å². The number of nitrogens with one attached hydrogen (secondary N) is 2. The number of aliphatic imine (C=N–C) groups is 1. The predicted molar refractivity (Wildman–Crippen MR) is 104 cm³/mol. The highest BCUT2D eigenvalue weighted by Crippen LogP contribution is 2.09. The molecule has 1 aromatic rings. The number of guanidine groups is 1. The molecule has 1 aliphatic heterocycles. The van der Waals surface area contributed by atoms with E-state index in [0.717, 1.165) is 70.6 Å². The Morgan fingerprint density at radius 2 is 1.92 bits per heavy atom. The van der Waals surface area contributed by atoms with Crippen molar-refractivity contribution in [3.63, 3.8) is 0 Å². The number of nitrogens with zero attached hydrogens (tertiary/aromatic N) is 5. The average Bonchev–Trinajstić information content (AvgIpc) is 2.66. The smallest absolute Gasteiger partial charge is 0.225 e. The van der Waals surface area contributed by atoms with Crippen LogP contribution in [0.2, 0.25) is 0 Å². The lowest BCUT2D eigenvalue weighted by atomic mass is 10.3. The highest BCUT2D eigenvalue weighted by molar-refractivity contribution is 5.79. The maximum absolute atomic E-state index is 4.69. The first kappa shape index (κ1) is 19.4. The van der Waals surface area contributed by atoms with Crippen LogP contribution in [-0.2, 0) is 0 Å². The zero-order valence-electron chi connectivity index (χ0n) is 15.9. The molecule has 1 aliphatic rings. The molecule has 0 saturated carbocycles. The molecule has 1 saturated heterocycles. The Labute approximate surface area is 151 Å². The van der Waals surface area contributed by atoms with E-state index in [9.17, 15) is 0 Å². The molecule has 0 radical (unpaired) electrons. The number of aromatic nitrogens is 2. The van der Waals surface area contributed by atoms with Gasteiger partial charge in [-0.1, -0.05) is 6.92 Å². The van der Waals surface area contributed by atoms with Gasteiger partial charge in [-0.25, -0.2) is 9.97 Å². The summed E-state index contributed by atoms with van der Waals surface area (Å²) in [6.07, 6.45) is 5.79. The number of hydrogen-bond donors (Lipinski definition) is 2. The molecule has 0 bridgehead atoms. The lowest BCUT2D eigenvalue weighted by molar-refractivity contribution is 0.255. The van der Waals surface area contributed by atoms with Crippen LogP contribution in [0.4, 0.5) is 5.95 Å². The van der Waals surface area contributed by atoms with Crippen molar-refractivity contribution in [1.29, 1.82) is 0 Å². The van der Waals surface area contributed by atoms with Crippen LogP contribution in [0.1, 0.15) is 33.6 Å². The maximum Gasteiger partial charge on any atom is 0.225 e. The molecule has 25 heavy (non-hydrogen) atoms. The normalized spacial score (nSPS) is 17.4. The molecule has 0 spiro atoms. The van der Waals surface area contributed by atoms with Gasteiger partial charge >= 0.3 is 0 Å². The third-order valence-corrected chi connectivity index (χ3v) is 4.45. The first-order valence-electron chi connectivity index (χ1n) is 9.52. The summed E-state index contributed by atoms with van der Waals surface area (Å²) in [4.78, 5) is 18.1. The third-order valence-electron chi connectivity index (χ3n) is 4.45. The standard InChI is InChI=1S/C18H33N7/c1-4-16(3)23-17(19-5-2)20-10-7-11-24-12-14-25(15-13-24)18-21-8-6-9-22-18/h6,8-9,16H,4-5,7,10-15H2,1-3H3,(H2,19,20,23). The molecule has 1 fully saturated rings. The highest BCUT2D eigenvalue weighted by atomic mass is 15.3. The van der Waals surface area contributed by atoms with E-state index in [4.69, 9.17) is 0 Å². The summed E-state index contributed by atoms with van der Waals surface area (Å²) in [7, 11) is 0. The highest BCUT2D eigenvalue weighted by Gasteiger charge is 2.18. The number of anilines is 1. The van der Waals surface area contributed by atoms with E-state index >= 15 is 0 Å². The molecule has 1 aromatic heterocycles. The van der Waals surface area contributed by atoms with Gasteiger partial charge in [0.25, 0.3) is 0 Å². The Bertz CT molecular complexity index is 497. The fourth-order valence-corrected chi connectivity index (χ4v) is 2.77. The van der Waals surface area contributed by atoms with E-state index in [1.54, 1.807) is 0 Å². The minimum absolute atomic E-state index is 0.450. The Morgan fingerprint density at radius 3 is 2.56 bits per heavy atom. The third kappa shape index (κ3) is 6.86. The van der Waals surface area contributed by atoms with Gasteiger partial charge in [0.15, 0.2) is 5.96 Å². The van der Waals surface area contributed by atoms with Gasteiger partial charge in [0.2, 0.25) is 5.95 Å². The summed E-state index contributed by atoms with van der Waals surface area (Å²) in [6, 6.07) is 2.31. The minimum atomic E-state index is 0.450. The van der Waals surface area contributed by atoms with Crippen molar-refractivity contribution >= 4 is 11.9 Å². The quantitative estimate of drug-likeness (QED) is 0.420. The molecule has 0 aliphatic carbocycles. The van der Waals surface area contributed by atoms with Gasteiger partial charge in [-0.15, -0.1) is 0 Å². The predicted octanol–water partition coefficient (Wildman–Crippen LogP) is 1.34. The first-order chi connectivity index (χ1) is 12.2. The van der Waals surface area contributed by atoms with Crippen molar-refractivity contribution in [3.8, 4) is 0 Å². The van der Waals surface area contributed by atoms with Crippen LogP contribution in [0, 0.1) is 0 Å². The van der Waals surface area contributed by atoms with Crippen molar-refractivity contribution < 1.29 is 0 Å². The van der Waals surface area contributed by atoms with Crippen LogP contribution in [-0.4, -0.2) is 72.7 Å². The topological polar surface area (TPSA) is 68.7 Å².